The average molecular weight is 315 g/mol. The number of hydrogen-bond donors (Lipinski definition) is 2. The molecule has 0 aliphatic carbocycles. The summed E-state index contributed by atoms with van der Waals surface area (Å²) in [6.45, 7) is 3.86. The molecule has 0 aliphatic heterocycles. The van der Waals surface area contributed by atoms with Crippen molar-refractivity contribution >= 4 is 23.5 Å². The van der Waals surface area contributed by atoms with Crippen molar-refractivity contribution in [2.75, 3.05) is 5.75 Å². The first-order valence-electron chi connectivity index (χ1n) is 6.67. The van der Waals surface area contributed by atoms with Crippen LogP contribution in [0.25, 0.3) is 0 Å². The van der Waals surface area contributed by atoms with Crippen molar-refractivity contribution < 1.29 is 4.79 Å². The molecule has 0 unspecified atom stereocenters. The standard InChI is InChI=1S/C15H17N5OS/c1-10-8-11(2)18-15(17-10)22-9-13(19-20-14(16)21)12-6-4-3-5-7-12/h3-8H,9H2,1-2H3,(H3,16,20,21)/b19-13+. The van der Waals surface area contributed by atoms with Crippen LogP contribution in [0.5, 0.6) is 0 Å². The minimum Gasteiger partial charge on any atom is -0.350 e. The zero-order valence-electron chi connectivity index (χ0n) is 12.4. The summed E-state index contributed by atoms with van der Waals surface area (Å²) in [6, 6.07) is 10.8. The lowest BCUT2D eigenvalue weighted by Crippen LogP contribution is -2.26. The number of carbonyl (C=O) groups excluding carboxylic acids is 1. The molecule has 3 N–H and O–H groups in total. The minimum atomic E-state index is -0.693. The van der Waals surface area contributed by atoms with Gasteiger partial charge in [-0.25, -0.2) is 20.2 Å². The van der Waals surface area contributed by atoms with E-state index in [-0.39, 0.29) is 0 Å². The molecular formula is C15H17N5OS. The Morgan fingerprint density at radius 1 is 1.23 bits per heavy atom. The van der Waals surface area contributed by atoms with E-state index in [1.165, 1.54) is 11.8 Å². The zero-order valence-corrected chi connectivity index (χ0v) is 13.2. The molecule has 6 nitrogen and oxygen atoms in total. The molecule has 0 fully saturated rings. The van der Waals surface area contributed by atoms with Crippen LogP contribution in [-0.2, 0) is 0 Å². The molecule has 7 heteroatoms. The second-order valence-corrected chi connectivity index (χ2v) is 5.57. The maximum absolute atomic E-state index is 10.9. The predicted molar refractivity (Wildman–Crippen MR) is 87.9 cm³/mol. The number of nitrogens with two attached hydrogens (primary N) is 1. The number of hydrazone groups is 1. The highest BCUT2D eigenvalue weighted by Crippen LogP contribution is 2.16. The first kappa shape index (κ1) is 16.0. The third-order valence-corrected chi connectivity index (χ3v) is 3.57. The largest absolute Gasteiger partial charge is 0.350 e. The van der Waals surface area contributed by atoms with Crippen LogP contribution in [0.3, 0.4) is 0 Å². The van der Waals surface area contributed by atoms with Crippen LogP contribution in [0.15, 0.2) is 46.7 Å². The number of urea groups is 1. The highest BCUT2D eigenvalue weighted by molar-refractivity contribution is 7.99. The van der Waals surface area contributed by atoms with Crippen molar-refractivity contribution in [3.63, 3.8) is 0 Å². The average Bonchev–Trinajstić information content (AvgIpc) is 2.47. The quantitative estimate of drug-likeness (QED) is 0.383. The second kappa shape index (κ2) is 7.56. The van der Waals surface area contributed by atoms with E-state index in [1.807, 2.05) is 50.2 Å². The normalized spacial score (nSPS) is 11.3. The highest BCUT2D eigenvalue weighted by atomic mass is 32.2. The molecule has 0 aliphatic rings. The van der Waals surface area contributed by atoms with E-state index in [0.717, 1.165) is 17.0 Å². The van der Waals surface area contributed by atoms with Crippen LogP contribution < -0.4 is 11.2 Å². The SMILES string of the molecule is Cc1cc(C)nc(SC/C(=N\NC(N)=O)c2ccccc2)n1. The maximum atomic E-state index is 10.9. The van der Waals surface area contributed by atoms with Crippen molar-refractivity contribution in [3.8, 4) is 0 Å². The summed E-state index contributed by atoms with van der Waals surface area (Å²) < 4.78 is 0. The molecule has 1 heterocycles. The molecule has 0 atom stereocenters. The Hall–Kier alpha value is -2.41. The summed E-state index contributed by atoms with van der Waals surface area (Å²) in [4.78, 5) is 19.6. The summed E-state index contributed by atoms with van der Waals surface area (Å²) in [6.07, 6.45) is 0. The lowest BCUT2D eigenvalue weighted by Gasteiger charge is -2.07. The second-order valence-electron chi connectivity index (χ2n) is 4.62. The number of carbonyl (C=O) groups is 1. The monoisotopic (exact) mass is 315 g/mol. The smallest absolute Gasteiger partial charge is 0.332 e. The molecule has 0 spiro atoms. The van der Waals surface area contributed by atoms with Crippen LogP contribution in [-0.4, -0.2) is 27.5 Å². The zero-order chi connectivity index (χ0) is 15.9. The van der Waals surface area contributed by atoms with Gasteiger partial charge < -0.3 is 5.73 Å². The third kappa shape index (κ3) is 4.85. The molecule has 0 saturated carbocycles. The topological polar surface area (TPSA) is 93.3 Å². The molecule has 2 aromatic rings. The van der Waals surface area contributed by atoms with E-state index in [9.17, 15) is 4.79 Å². The third-order valence-electron chi connectivity index (χ3n) is 2.71. The van der Waals surface area contributed by atoms with Crippen molar-refractivity contribution in [2.45, 2.75) is 19.0 Å². The van der Waals surface area contributed by atoms with Gasteiger partial charge in [-0.1, -0.05) is 42.1 Å². The van der Waals surface area contributed by atoms with Crippen molar-refractivity contribution in [1.82, 2.24) is 15.4 Å². The lowest BCUT2D eigenvalue weighted by atomic mass is 10.1. The van der Waals surface area contributed by atoms with Gasteiger partial charge in [0.05, 0.1) is 5.71 Å². The van der Waals surface area contributed by atoms with Gasteiger partial charge >= 0.3 is 6.03 Å². The molecular weight excluding hydrogens is 298 g/mol. The number of hydrogen-bond acceptors (Lipinski definition) is 5. The molecule has 22 heavy (non-hydrogen) atoms. The van der Waals surface area contributed by atoms with Crippen LogP contribution in [0.1, 0.15) is 17.0 Å². The number of nitrogens with zero attached hydrogens (tertiary/aromatic N) is 3. The Morgan fingerprint density at radius 2 is 1.86 bits per heavy atom. The highest BCUT2D eigenvalue weighted by Gasteiger charge is 2.08. The van der Waals surface area contributed by atoms with Gasteiger partial charge in [0.1, 0.15) is 0 Å². The van der Waals surface area contributed by atoms with Gasteiger partial charge in [-0.05, 0) is 25.5 Å². The van der Waals surface area contributed by atoms with Gasteiger partial charge in [0.2, 0.25) is 0 Å². The van der Waals surface area contributed by atoms with Gasteiger partial charge in [0.15, 0.2) is 5.16 Å². The first-order chi connectivity index (χ1) is 10.5. The summed E-state index contributed by atoms with van der Waals surface area (Å²) in [5, 5.41) is 4.75. The van der Waals surface area contributed by atoms with Crippen molar-refractivity contribution in [3.05, 3.63) is 53.3 Å². The Labute approximate surface area is 133 Å². The first-order valence-corrected chi connectivity index (χ1v) is 7.65. The molecule has 1 aromatic heterocycles. The van der Waals surface area contributed by atoms with Crippen LogP contribution in [0.4, 0.5) is 4.79 Å². The summed E-state index contributed by atoms with van der Waals surface area (Å²) in [5.41, 5.74) is 10.8. The van der Waals surface area contributed by atoms with Crippen molar-refractivity contribution in [2.24, 2.45) is 10.8 Å². The van der Waals surface area contributed by atoms with Gasteiger partial charge in [0, 0.05) is 17.1 Å². The van der Waals surface area contributed by atoms with Gasteiger partial charge in [-0.2, -0.15) is 5.10 Å². The number of aromatic nitrogens is 2. The van der Waals surface area contributed by atoms with Crippen molar-refractivity contribution in [1.29, 1.82) is 0 Å². The molecule has 2 amide bonds. The van der Waals surface area contributed by atoms with E-state index in [4.69, 9.17) is 5.73 Å². The molecule has 0 radical (unpaired) electrons. The maximum Gasteiger partial charge on any atom is 0.332 e. The summed E-state index contributed by atoms with van der Waals surface area (Å²) >= 11 is 1.46. The Kier molecular flexibility index (Phi) is 5.48. The van der Waals surface area contributed by atoms with Gasteiger partial charge in [-0.15, -0.1) is 0 Å². The minimum absolute atomic E-state index is 0.521. The number of benzene rings is 1. The number of rotatable bonds is 5. The van der Waals surface area contributed by atoms with E-state index in [0.29, 0.717) is 16.6 Å². The predicted octanol–water partition coefficient (Wildman–Crippen LogP) is 2.26. The summed E-state index contributed by atoms with van der Waals surface area (Å²) in [5.74, 6) is 0.521. The number of aryl methyl sites for hydroxylation is 2. The fraction of sp³-hybridized carbons (Fsp3) is 0.200. The number of amides is 2. The van der Waals surface area contributed by atoms with E-state index < -0.39 is 6.03 Å². The molecule has 0 saturated heterocycles. The number of nitrogens with one attached hydrogen (secondary N) is 1. The molecule has 1 aromatic carbocycles. The Balaban J connectivity index is 2.16. The number of primary amides is 1. The van der Waals surface area contributed by atoms with Gasteiger partial charge in [-0.3, -0.25) is 0 Å². The lowest BCUT2D eigenvalue weighted by molar-refractivity contribution is 0.249. The van der Waals surface area contributed by atoms with E-state index >= 15 is 0 Å². The Bertz CT molecular complexity index is 667. The molecule has 114 valence electrons. The fourth-order valence-corrected chi connectivity index (χ4v) is 2.74. The number of thioether (sulfide) groups is 1. The molecule has 0 bridgehead atoms. The van der Waals surface area contributed by atoms with Gasteiger partial charge in [0.25, 0.3) is 0 Å². The van der Waals surface area contributed by atoms with E-state index in [1.54, 1.807) is 0 Å². The fourth-order valence-electron chi connectivity index (χ4n) is 1.82. The van der Waals surface area contributed by atoms with Crippen LogP contribution in [0.2, 0.25) is 0 Å². The summed E-state index contributed by atoms with van der Waals surface area (Å²) in [7, 11) is 0. The van der Waals surface area contributed by atoms with Crippen LogP contribution in [0, 0.1) is 13.8 Å². The Morgan fingerprint density at radius 3 is 2.45 bits per heavy atom. The molecule has 2 rings (SSSR count). The van der Waals surface area contributed by atoms with Crippen LogP contribution >= 0.6 is 11.8 Å². The van der Waals surface area contributed by atoms with E-state index in [2.05, 4.69) is 20.5 Å².